The zero-order chi connectivity index (χ0) is 22.8. The van der Waals surface area contributed by atoms with E-state index in [2.05, 4.69) is 45.5 Å². The Morgan fingerprint density at radius 2 is 1.97 bits per heavy atom. The van der Waals surface area contributed by atoms with Crippen LogP contribution >= 0.6 is 15.9 Å². The third-order valence-corrected chi connectivity index (χ3v) is 6.40. The van der Waals surface area contributed by atoms with Crippen LogP contribution in [0.1, 0.15) is 53.7 Å². The molecule has 0 aliphatic carbocycles. The number of nitrogens with one attached hydrogen (secondary N) is 2. The van der Waals surface area contributed by atoms with Gasteiger partial charge in [-0.15, -0.1) is 0 Å². The maximum Gasteiger partial charge on any atom is 0.272 e. The summed E-state index contributed by atoms with van der Waals surface area (Å²) in [7, 11) is 1.60. The van der Waals surface area contributed by atoms with E-state index < -0.39 is 5.54 Å². The molecule has 1 aliphatic rings. The fourth-order valence-corrected chi connectivity index (χ4v) is 3.84. The molecule has 0 unspecified atom stereocenters. The van der Waals surface area contributed by atoms with Gasteiger partial charge in [0, 0.05) is 30.7 Å². The van der Waals surface area contributed by atoms with Crippen LogP contribution in [0, 0.1) is 5.92 Å². The second-order valence-corrected chi connectivity index (χ2v) is 9.28. The molecule has 0 bridgehead atoms. The zero-order valence-electron chi connectivity index (χ0n) is 18.2. The van der Waals surface area contributed by atoms with E-state index in [0.29, 0.717) is 24.7 Å². The van der Waals surface area contributed by atoms with Crippen LogP contribution in [0.3, 0.4) is 0 Å². The normalized spacial score (nSPS) is 18.1. The van der Waals surface area contributed by atoms with Gasteiger partial charge >= 0.3 is 0 Å². The lowest BCUT2D eigenvalue weighted by molar-refractivity contribution is -0.132. The molecular formula is C22H28BrN5O3. The molecule has 0 saturated heterocycles. The standard InChI is InChI=1S/C22H28BrN5O3/c1-14(2)9-10-24-21(31)22(3)13-28-18(20(30)27(22)4)11-17(26-28)19(29)25-12-15-7-5-6-8-16(15)23/h5-8,11,14H,9-10,12-13H2,1-4H3,(H,24,31)(H,25,29)/t22-/m1/s1. The van der Waals surface area contributed by atoms with E-state index in [1.165, 1.54) is 15.6 Å². The Hall–Kier alpha value is -2.68. The SMILES string of the molecule is CC(C)CCNC(=O)[C@@]1(C)Cn2nc(C(=O)NCc3ccccc3Br)cc2C(=O)N1C. The quantitative estimate of drug-likeness (QED) is 0.624. The summed E-state index contributed by atoms with van der Waals surface area (Å²) in [5, 5.41) is 10.1. The van der Waals surface area contributed by atoms with Crippen LogP contribution < -0.4 is 10.6 Å². The number of halogens is 1. The molecule has 0 spiro atoms. The van der Waals surface area contributed by atoms with Crippen molar-refractivity contribution in [2.24, 2.45) is 5.92 Å². The molecule has 3 rings (SSSR count). The summed E-state index contributed by atoms with van der Waals surface area (Å²) in [4.78, 5) is 39.9. The molecule has 2 heterocycles. The van der Waals surface area contributed by atoms with Gasteiger partial charge in [0.2, 0.25) is 5.91 Å². The Morgan fingerprint density at radius 3 is 2.65 bits per heavy atom. The molecule has 31 heavy (non-hydrogen) atoms. The number of benzene rings is 1. The van der Waals surface area contributed by atoms with Gasteiger partial charge < -0.3 is 15.5 Å². The van der Waals surface area contributed by atoms with Gasteiger partial charge in [0.15, 0.2) is 5.69 Å². The fourth-order valence-electron chi connectivity index (χ4n) is 3.41. The number of amides is 3. The molecule has 0 saturated carbocycles. The lowest BCUT2D eigenvalue weighted by atomic mass is 9.95. The number of carbonyl (C=O) groups excluding carboxylic acids is 3. The summed E-state index contributed by atoms with van der Waals surface area (Å²) < 4.78 is 2.35. The van der Waals surface area contributed by atoms with E-state index in [9.17, 15) is 14.4 Å². The third kappa shape index (κ3) is 4.81. The molecule has 0 fully saturated rings. The Labute approximate surface area is 190 Å². The molecule has 1 aromatic carbocycles. The van der Waals surface area contributed by atoms with Crippen LogP contribution in [0.5, 0.6) is 0 Å². The minimum absolute atomic E-state index is 0.147. The van der Waals surface area contributed by atoms with E-state index in [-0.39, 0.29) is 30.0 Å². The highest BCUT2D eigenvalue weighted by atomic mass is 79.9. The highest BCUT2D eigenvalue weighted by molar-refractivity contribution is 9.10. The summed E-state index contributed by atoms with van der Waals surface area (Å²) in [6.45, 7) is 6.93. The molecule has 2 aromatic rings. The highest BCUT2D eigenvalue weighted by Gasteiger charge is 2.46. The third-order valence-electron chi connectivity index (χ3n) is 5.63. The minimum Gasteiger partial charge on any atom is -0.354 e. The summed E-state index contributed by atoms with van der Waals surface area (Å²) in [5.74, 6) is -0.486. The number of likely N-dealkylation sites (N-methyl/N-ethyl adjacent to an activating group) is 1. The van der Waals surface area contributed by atoms with Crippen molar-refractivity contribution in [1.82, 2.24) is 25.3 Å². The number of aromatic nitrogens is 2. The van der Waals surface area contributed by atoms with E-state index in [0.717, 1.165) is 16.5 Å². The smallest absolute Gasteiger partial charge is 0.272 e. The van der Waals surface area contributed by atoms with Crippen molar-refractivity contribution in [3.8, 4) is 0 Å². The van der Waals surface area contributed by atoms with Crippen molar-refractivity contribution in [1.29, 1.82) is 0 Å². The lowest BCUT2D eigenvalue weighted by Crippen LogP contribution is -2.62. The molecule has 8 nitrogen and oxygen atoms in total. The van der Waals surface area contributed by atoms with Crippen molar-refractivity contribution in [3.05, 3.63) is 51.8 Å². The molecule has 1 aromatic heterocycles. The van der Waals surface area contributed by atoms with Gasteiger partial charge in [-0.05, 0) is 30.9 Å². The molecule has 2 N–H and O–H groups in total. The molecule has 166 valence electrons. The summed E-state index contributed by atoms with van der Waals surface area (Å²) >= 11 is 3.46. The number of hydrogen-bond donors (Lipinski definition) is 2. The molecule has 1 atom stereocenters. The van der Waals surface area contributed by atoms with Crippen LogP contribution in [0.4, 0.5) is 0 Å². The van der Waals surface area contributed by atoms with Crippen LogP contribution in [0.2, 0.25) is 0 Å². The molecular weight excluding hydrogens is 462 g/mol. The van der Waals surface area contributed by atoms with Crippen molar-refractivity contribution in [2.75, 3.05) is 13.6 Å². The van der Waals surface area contributed by atoms with Gasteiger partial charge in [-0.3, -0.25) is 19.1 Å². The van der Waals surface area contributed by atoms with Crippen LogP contribution in [-0.4, -0.2) is 51.5 Å². The number of hydrogen-bond acceptors (Lipinski definition) is 4. The van der Waals surface area contributed by atoms with Gasteiger partial charge in [0.1, 0.15) is 11.2 Å². The maximum atomic E-state index is 12.9. The first-order valence-electron chi connectivity index (χ1n) is 10.3. The summed E-state index contributed by atoms with van der Waals surface area (Å²) in [6, 6.07) is 9.08. The molecule has 0 radical (unpaired) electrons. The topological polar surface area (TPSA) is 96.3 Å². The van der Waals surface area contributed by atoms with Crippen molar-refractivity contribution in [3.63, 3.8) is 0 Å². The van der Waals surface area contributed by atoms with Crippen molar-refractivity contribution in [2.45, 2.75) is 45.8 Å². The second kappa shape index (κ2) is 9.21. The van der Waals surface area contributed by atoms with Gasteiger partial charge in [0.05, 0.1) is 6.54 Å². The number of carbonyl (C=O) groups is 3. The predicted octanol–water partition coefficient (Wildman–Crippen LogP) is 2.58. The van der Waals surface area contributed by atoms with Crippen molar-refractivity contribution >= 4 is 33.7 Å². The van der Waals surface area contributed by atoms with E-state index in [1.54, 1.807) is 14.0 Å². The summed E-state index contributed by atoms with van der Waals surface area (Å²) in [6.07, 6.45) is 0.856. The largest absolute Gasteiger partial charge is 0.354 e. The van der Waals surface area contributed by atoms with Gasteiger partial charge in [-0.2, -0.15) is 5.10 Å². The average molecular weight is 490 g/mol. The lowest BCUT2D eigenvalue weighted by Gasteiger charge is -2.40. The first kappa shape index (κ1) is 23.0. The molecule has 1 aliphatic heterocycles. The van der Waals surface area contributed by atoms with E-state index >= 15 is 0 Å². The number of fused-ring (bicyclic) bond motifs is 1. The minimum atomic E-state index is -1.09. The monoisotopic (exact) mass is 489 g/mol. The van der Waals surface area contributed by atoms with Crippen LogP contribution in [0.25, 0.3) is 0 Å². The van der Waals surface area contributed by atoms with Gasteiger partial charge in [0.25, 0.3) is 11.8 Å². The Balaban J connectivity index is 1.74. The highest BCUT2D eigenvalue weighted by Crippen LogP contribution is 2.26. The average Bonchev–Trinajstić information content (AvgIpc) is 3.15. The number of rotatable bonds is 7. The van der Waals surface area contributed by atoms with Gasteiger partial charge in [-0.25, -0.2) is 0 Å². The Bertz CT molecular complexity index is 1000. The van der Waals surface area contributed by atoms with Crippen LogP contribution in [0.15, 0.2) is 34.8 Å². The first-order chi connectivity index (χ1) is 14.6. The fraction of sp³-hybridized carbons (Fsp3) is 0.455. The van der Waals surface area contributed by atoms with Crippen molar-refractivity contribution < 1.29 is 14.4 Å². The van der Waals surface area contributed by atoms with E-state index in [1.807, 2.05) is 24.3 Å². The zero-order valence-corrected chi connectivity index (χ0v) is 19.8. The van der Waals surface area contributed by atoms with Gasteiger partial charge in [-0.1, -0.05) is 48.0 Å². The molecule has 9 heteroatoms. The number of nitrogens with zero attached hydrogens (tertiary/aromatic N) is 3. The second-order valence-electron chi connectivity index (χ2n) is 8.42. The van der Waals surface area contributed by atoms with E-state index in [4.69, 9.17) is 0 Å². The Kier molecular flexibility index (Phi) is 6.83. The molecule has 3 amide bonds. The summed E-state index contributed by atoms with van der Waals surface area (Å²) in [5.41, 5.74) is 0.283. The first-order valence-corrected chi connectivity index (χ1v) is 11.1. The van der Waals surface area contributed by atoms with Crippen LogP contribution in [-0.2, 0) is 17.9 Å². The maximum absolute atomic E-state index is 12.9. The Morgan fingerprint density at radius 1 is 1.26 bits per heavy atom. The predicted molar refractivity (Wildman–Crippen MR) is 121 cm³/mol.